The second-order valence-corrected chi connectivity index (χ2v) is 4.95. The van der Waals surface area contributed by atoms with Gasteiger partial charge >= 0.3 is 5.97 Å². The number of aliphatic hydroxyl groups excluding tert-OH is 1. The predicted molar refractivity (Wildman–Crippen MR) is 67.2 cm³/mol. The number of rotatable bonds is 4. The summed E-state index contributed by atoms with van der Waals surface area (Å²) in [5.41, 5.74) is 6.19. The van der Waals surface area contributed by atoms with Gasteiger partial charge in [0.1, 0.15) is 0 Å². The van der Waals surface area contributed by atoms with Gasteiger partial charge in [0.25, 0.3) is 0 Å². The molecule has 0 aliphatic rings. The van der Waals surface area contributed by atoms with E-state index in [9.17, 15) is 15.0 Å². The van der Waals surface area contributed by atoms with Crippen molar-refractivity contribution in [1.29, 1.82) is 0 Å². The molecule has 0 saturated heterocycles. The van der Waals surface area contributed by atoms with E-state index in [-0.39, 0.29) is 18.1 Å². The van der Waals surface area contributed by atoms with Gasteiger partial charge in [-0.25, -0.2) is 0 Å². The second-order valence-electron chi connectivity index (χ2n) is 4.95. The predicted octanol–water partition coefficient (Wildman–Crippen LogP) is 1.34. The zero-order chi connectivity index (χ0) is 13.9. The van der Waals surface area contributed by atoms with Gasteiger partial charge in [-0.05, 0) is 17.7 Å². The Morgan fingerprint density at radius 1 is 1.50 bits per heavy atom. The first-order valence-electron chi connectivity index (χ1n) is 5.65. The molecule has 0 aliphatic carbocycles. The average molecular weight is 253 g/mol. The molecule has 18 heavy (non-hydrogen) atoms. The number of nitrogens with two attached hydrogens (primary N) is 1. The van der Waals surface area contributed by atoms with Crippen LogP contribution in [-0.4, -0.2) is 22.8 Å². The van der Waals surface area contributed by atoms with E-state index in [1.165, 1.54) is 19.1 Å². The first kappa shape index (κ1) is 14.5. The standard InChI is InChI=1S/C13H19NO4/c1-8(16)18-11-5-4-9(6-10(11)17)12(14)13(2,3)7-15/h4-6,12,15,17H,7,14H2,1-3H3/t12-/m0/s1. The van der Waals surface area contributed by atoms with Crippen molar-refractivity contribution >= 4 is 5.97 Å². The van der Waals surface area contributed by atoms with Gasteiger partial charge in [0, 0.05) is 25.0 Å². The Labute approximate surface area is 106 Å². The third-order valence-electron chi connectivity index (χ3n) is 2.85. The number of hydrogen-bond donors (Lipinski definition) is 3. The molecule has 0 heterocycles. The average Bonchev–Trinajstić information content (AvgIpc) is 2.30. The smallest absolute Gasteiger partial charge is 0.308 e. The lowest BCUT2D eigenvalue weighted by atomic mass is 9.82. The monoisotopic (exact) mass is 253 g/mol. The Morgan fingerprint density at radius 2 is 2.11 bits per heavy atom. The second kappa shape index (κ2) is 5.37. The highest BCUT2D eigenvalue weighted by atomic mass is 16.5. The summed E-state index contributed by atoms with van der Waals surface area (Å²) in [4.78, 5) is 10.8. The molecule has 0 radical (unpaired) electrons. The molecular formula is C13H19NO4. The van der Waals surface area contributed by atoms with Crippen LogP contribution in [0.2, 0.25) is 0 Å². The Morgan fingerprint density at radius 3 is 2.56 bits per heavy atom. The number of phenolic OH excluding ortho intramolecular Hbond substituents is 1. The number of carbonyl (C=O) groups is 1. The maximum Gasteiger partial charge on any atom is 0.308 e. The van der Waals surface area contributed by atoms with Crippen molar-refractivity contribution in [3.63, 3.8) is 0 Å². The quantitative estimate of drug-likeness (QED) is 0.556. The van der Waals surface area contributed by atoms with Crippen LogP contribution in [0.25, 0.3) is 0 Å². The molecule has 1 rings (SSSR count). The summed E-state index contributed by atoms with van der Waals surface area (Å²) >= 11 is 0. The molecule has 0 aromatic heterocycles. The van der Waals surface area contributed by atoms with Crippen LogP contribution in [0.1, 0.15) is 32.4 Å². The van der Waals surface area contributed by atoms with Crippen LogP contribution in [0.4, 0.5) is 0 Å². The van der Waals surface area contributed by atoms with Crippen LogP contribution in [0.15, 0.2) is 18.2 Å². The highest BCUT2D eigenvalue weighted by molar-refractivity contribution is 5.70. The Hall–Kier alpha value is -1.59. The molecule has 1 aromatic carbocycles. The summed E-state index contributed by atoms with van der Waals surface area (Å²) in [6.45, 7) is 4.85. The summed E-state index contributed by atoms with van der Waals surface area (Å²) in [5, 5.41) is 19.0. The Bertz CT molecular complexity index is 443. The van der Waals surface area contributed by atoms with Crippen LogP contribution in [0, 0.1) is 5.41 Å². The molecule has 0 bridgehead atoms. The van der Waals surface area contributed by atoms with E-state index in [4.69, 9.17) is 10.5 Å². The third kappa shape index (κ3) is 3.21. The summed E-state index contributed by atoms with van der Waals surface area (Å²) in [5.74, 6) is -0.551. The van der Waals surface area contributed by atoms with Gasteiger partial charge in [-0.1, -0.05) is 19.9 Å². The van der Waals surface area contributed by atoms with E-state index in [0.717, 1.165) is 0 Å². The maximum atomic E-state index is 10.8. The van der Waals surface area contributed by atoms with Crippen LogP contribution < -0.4 is 10.5 Å². The minimum atomic E-state index is -0.505. The zero-order valence-electron chi connectivity index (χ0n) is 10.8. The lowest BCUT2D eigenvalue weighted by Gasteiger charge is -2.29. The number of phenols is 1. The Balaban J connectivity index is 3.00. The largest absolute Gasteiger partial charge is 0.504 e. The van der Waals surface area contributed by atoms with Gasteiger partial charge in [0.05, 0.1) is 0 Å². The minimum absolute atomic E-state index is 0.0688. The molecule has 0 fully saturated rings. The molecule has 1 aromatic rings. The van der Waals surface area contributed by atoms with E-state index in [1.54, 1.807) is 6.07 Å². The number of ether oxygens (including phenoxy) is 1. The molecule has 0 spiro atoms. The van der Waals surface area contributed by atoms with Gasteiger partial charge in [-0.2, -0.15) is 0 Å². The lowest BCUT2D eigenvalue weighted by molar-refractivity contribution is -0.132. The van der Waals surface area contributed by atoms with Gasteiger partial charge < -0.3 is 20.7 Å². The van der Waals surface area contributed by atoms with E-state index >= 15 is 0 Å². The number of esters is 1. The molecule has 4 N–H and O–H groups in total. The topological polar surface area (TPSA) is 92.8 Å². The van der Waals surface area contributed by atoms with Crippen molar-refractivity contribution < 1.29 is 19.7 Å². The SMILES string of the molecule is CC(=O)Oc1ccc([C@H](N)C(C)(C)CO)cc1O. The normalized spacial score (nSPS) is 13.2. The fourth-order valence-corrected chi connectivity index (χ4v) is 1.52. The zero-order valence-corrected chi connectivity index (χ0v) is 10.8. The van der Waals surface area contributed by atoms with Crippen molar-refractivity contribution in [2.24, 2.45) is 11.1 Å². The summed E-state index contributed by atoms with van der Waals surface area (Å²) in [6.07, 6.45) is 0. The van der Waals surface area contributed by atoms with Crippen LogP contribution in [-0.2, 0) is 4.79 Å². The molecule has 5 nitrogen and oxygen atoms in total. The van der Waals surface area contributed by atoms with E-state index in [0.29, 0.717) is 5.56 Å². The molecule has 1 atom stereocenters. The number of aromatic hydroxyl groups is 1. The van der Waals surface area contributed by atoms with Gasteiger partial charge in [-0.15, -0.1) is 0 Å². The highest BCUT2D eigenvalue weighted by Crippen LogP contribution is 2.35. The fraction of sp³-hybridized carbons (Fsp3) is 0.462. The van der Waals surface area contributed by atoms with Crippen LogP contribution in [0.3, 0.4) is 0 Å². The minimum Gasteiger partial charge on any atom is -0.504 e. The van der Waals surface area contributed by atoms with E-state index < -0.39 is 17.4 Å². The van der Waals surface area contributed by atoms with Gasteiger partial charge in [0.15, 0.2) is 11.5 Å². The first-order chi connectivity index (χ1) is 8.27. The van der Waals surface area contributed by atoms with Crippen molar-refractivity contribution in [3.05, 3.63) is 23.8 Å². The maximum absolute atomic E-state index is 10.8. The summed E-state index contributed by atoms with van der Waals surface area (Å²) < 4.78 is 4.81. The molecule has 0 amide bonds. The third-order valence-corrected chi connectivity index (χ3v) is 2.85. The van der Waals surface area contributed by atoms with Crippen LogP contribution in [0.5, 0.6) is 11.5 Å². The molecule has 0 unspecified atom stereocenters. The van der Waals surface area contributed by atoms with Crippen molar-refractivity contribution in [2.75, 3.05) is 6.61 Å². The van der Waals surface area contributed by atoms with Crippen molar-refractivity contribution in [3.8, 4) is 11.5 Å². The van der Waals surface area contributed by atoms with E-state index in [2.05, 4.69) is 0 Å². The van der Waals surface area contributed by atoms with E-state index in [1.807, 2.05) is 13.8 Å². The fourth-order valence-electron chi connectivity index (χ4n) is 1.52. The number of hydrogen-bond acceptors (Lipinski definition) is 5. The lowest BCUT2D eigenvalue weighted by Crippen LogP contribution is -2.32. The number of benzene rings is 1. The van der Waals surface area contributed by atoms with Gasteiger partial charge in [-0.3, -0.25) is 4.79 Å². The number of carbonyl (C=O) groups excluding carboxylic acids is 1. The molecule has 0 saturated carbocycles. The molecule has 100 valence electrons. The summed E-state index contributed by atoms with van der Waals surface area (Å²) in [6, 6.07) is 4.17. The van der Waals surface area contributed by atoms with Crippen molar-refractivity contribution in [1.82, 2.24) is 0 Å². The molecular weight excluding hydrogens is 234 g/mol. The summed E-state index contributed by atoms with van der Waals surface area (Å²) in [7, 11) is 0. The van der Waals surface area contributed by atoms with Crippen LogP contribution >= 0.6 is 0 Å². The Kier molecular flexibility index (Phi) is 4.32. The van der Waals surface area contributed by atoms with Gasteiger partial charge in [0.2, 0.25) is 0 Å². The molecule has 0 aliphatic heterocycles. The molecule has 5 heteroatoms. The first-order valence-corrected chi connectivity index (χ1v) is 5.65. The highest BCUT2D eigenvalue weighted by Gasteiger charge is 2.27. The van der Waals surface area contributed by atoms with Crippen molar-refractivity contribution in [2.45, 2.75) is 26.8 Å². The number of aliphatic hydroxyl groups is 1.